The number of hydrogen-bond acceptors (Lipinski definition) is 2. The topological polar surface area (TPSA) is 46.5 Å². The molecule has 1 N–H and O–H groups in total. The van der Waals surface area contributed by atoms with Gasteiger partial charge < -0.3 is 9.84 Å². The van der Waals surface area contributed by atoms with Crippen molar-refractivity contribution < 1.29 is 14.6 Å². The van der Waals surface area contributed by atoms with Crippen LogP contribution in [0.4, 0.5) is 0 Å². The van der Waals surface area contributed by atoms with Crippen molar-refractivity contribution >= 4 is 5.97 Å². The van der Waals surface area contributed by atoms with Crippen LogP contribution in [0.2, 0.25) is 0 Å². The van der Waals surface area contributed by atoms with Crippen LogP contribution in [0.5, 0.6) is 0 Å². The Bertz CT molecular complexity index is 206. The molecule has 1 heterocycles. The zero-order chi connectivity index (χ0) is 9.14. The third kappa shape index (κ3) is 1.85. The second-order valence-electron chi connectivity index (χ2n) is 3.10. The summed E-state index contributed by atoms with van der Waals surface area (Å²) in [6, 6.07) is 0. The van der Waals surface area contributed by atoms with Gasteiger partial charge in [0.1, 0.15) is 0 Å². The number of aliphatic carboxylic acids is 1. The number of ether oxygens (including phenoxy) is 1. The van der Waals surface area contributed by atoms with E-state index in [1.54, 1.807) is 13.0 Å². The summed E-state index contributed by atoms with van der Waals surface area (Å²) in [5, 5.41) is 8.60. The van der Waals surface area contributed by atoms with Crippen LogP contribution in [0.1, 0.15) is 20.3 Å². The molecule has 0 aromatic heterocycles. The molecule has 2 unspecified atom stereocenters. The van der Waals surface area contributed by atoms with E-state index >= 15 is 0 Å². The van der Waals surface area contributed by atoms with E-state index in [0.29, 0.717) is 18.1 Å². The molecule has 1 aliphatic heterocycles. The van der Waals surface area contributed by atoms with Gasteiger partial charge in [-0.05, 0) is 13.3 Å². The molecule has 0 bridgehead atoms. The van der Waals surface area contributed by atoms with Gasteiger partial charge in [-0.15, -0.1) is 0 Å². The Morgan fingerprint density at radius 2 is 2.42 bits per heavy atom. The van der Waals surface area contributed by atoms with Crippen LogP contribution in [0.25, 0.3) is 0 Å². The maximum atomic E-state index is 10.5. The highest BCUT2D eigenvalue weighted by molar-refractivity contribution is 5.85. The van der Waals surface area contributed by atoms with Gasteiger partial charge in [0.25, 0.3) is 0 Å². The maximum Gasteiger partial charge on any atom is 0.330 e. The van der Waals surface area contributed by atoms with Crippen LogP contribution >= 0.6 is 0 Å². The molecule has 0 amide bonds. The van der Waals surface area contributed by atoms with Crippen molar-refractivity contribution in [3.05, 3.63) is 11.6 Å². The average Bonchev–Trinajstić information content (AvgIpc) is 1.98. The van der Waals surface area contributed by atoms with Crippen molar-refractivity contribution in [2.45, 2.75) is 26.4 Å². The van der Waals surface area contributed by atoms with Crippen LogP contribution in [0.15, 0.2) is 11.6 Å². The number of rotatable bonds is 3. The minimum absolute atomic E-state index is 0.235. The first-order chi connectivity index (χ1) is 5.65. The summed E-state index contributed by atoms with van der Waals surface area (Å²) in [5.74, 6) is -0.525. The van der Waals surface area contributed by atoms with Crippen LogP contribution in [-0.2, 0) is 9.53 Å². The molecule has 0 aromatic carbocycles. The molecule has 68 valence electrons. The van der Waals surface area contributed by atoms with Crippen molar-refractivity contribution in [3.8, 4) is 0 Å². The summed E-state index contributed by atoms with van der Waals surface area (Å²) in [5.41, 5.74) is 0.418. The Morgan fingerprint density at radius 1 is 1.75 bits per heavy atom. The fourth-order valence-electron chi connectivity index (χ4n) is 1.31. The smallest absolute Gasteiger partial charge is 0.330 e. The van der Waals surface area contributed by atoms with E-state index in [1.165, 1.54) is 0 Å². The first-order valence-electron chi connectivity index (χ1n) is 4.18. The van der Waals surface area contributed by atoms with Crippen LogP contribution in [0, 0.1) is 5.92 Å². The minimum Gasteiger partial charge on any atom is -0.478 e. The van der Waals surface area contributed by atoms with E-state index in [2.05, 4.69) is 0 Å². The Morgan fingerprint density at radius 3 is 2.75 bits per heavy atom. The van der Waals surface area contributed by atoms with Gasteiger partial charge >= 0.3 is 5.97 Å². The zero-order valence-electron chi connectivity index (χ0n) is 7.41. The molecule has 0 radical (unpaired) electrons. The fourth-order valence-corrected chi connectivity index (χ4v) is 1.31. The van der Waals surface area contributed by atoms with Crippen molar-refractivity contribution in [1.82, 2.24) is 0 Å². The van der Waals surface area contributed by atoms with Crippen LogP contribution in [0.3, 0.4) is 0 Å². The molecule has 0 saturated carbocycles. The molecule has 2 atom stereocenters. The van der Waals surface area contributed by atoms with Gasteiger partial charge in [0, 0.05) is 11.5 Å². The lowest BCUT2D eigenvalue weighted by Gasteiger charge is -2.34. The number of carboxylic acids is 1. The lowest BCUT2D eigenvalue weighted by molar-refractivity contribution is -0.132. The van der Waals surface area contributed by atoms with Gasteiger partial charge in [-0.2, -0.15) is 0 Å². The summed E-state index contributed by atoms with van der Waals surface area (Å²) in [7, 11) is 0. The SMILES string of the molecule is CCC1OCC1C=C(C)C(=O)O. The van der Waals surface area contributed by atoms with Gasteiger partial charge in [0.05, 0.1) is 12.7 Å². The number of carboxylic acid groups (broad SMARTS) is 1. The average molecular weight is 170 g/mol. The summed E-state index contributed by atoms with van der Waals surface area (Å²) in [6.45, 7) is 4.33. The second kappa shape index (κ2) is 3.72. The van der Waals surface area contributed by atoms with Gasteiger partial charge in [-0.3, -0.25) is 0 Å². The highest BCUT2D eigenvalue weighted by atomic mass is 16.5. The fraction of sp³-hybridized carbons (Fsp3) is 0.667. The molecule has 1 aliphatic rings. The lowest BCUT2D eigenvalue weighted by Crippen LogP contribution is -2.38. The predicted octanol–water partition coefficient (Wildman–Crippen LogP) is 1.44. The van der Waals surface area contributed by atoms with Crippen molar-refractivity contribution in [2.24, 2.45) is 5.92 Å². The summed E-state index contributed by atoms with van der Waals surface area (Å²) >= 11 is 0. The Kier molecular flexibility index (Phi) is 2.87. The first kappa shape index (κ1) is 9.26. The standard InChI is InChI=1S/C9H14O3/c1-3-8-7(5-12-8)4-6(2)9(10)11/h4,7-8H,3,5H2,1-2H3,(H,10,11). The Balaban J connectivity index is 2.50. The van der Waals surface area contributed by atoms with E-state index < -0.39 is 5.97 Å². The summed E-state index contributed by atoms with van der Waals surface area (Å²) in [6.07, 6.45) is 2.98. The van der Waals surface area contributed by atoms with Crippen molar-refractivity contribution in [3.63, 3.8) is 0 Å². The van der Waals surface area contributed by atoms with Gasteiger partial charge in [-0.25, -0.2) is 4.79 Å². The molecule has 0 spiro atoms. The minimum atomic E-state index is -0.836. The molecular weight excluding hydrogens is 156 g/mol. The van der Waals surface area contributed by atoms with E-state index in [-0.39, 0.29) is 6.10 Å². The van der Waals surface area contributed by atoms with Gasteiger partial charge in [0.2, 0.25) is 0 Å². The maximum absolute atomic E-state index is 10.5. The third-order valence-electron chi connectivity index (χ3n) is 2.18. The zero-order valence-corrected chi connectivity index (χ0v) is 7.41. The molecular formula is C9H14O3. The van der Waals surface area contributed by atoms with Crippen molar-refractivity contribution in [2.75, 3.05) is 6.61 Å². The van der Waals surface area contributed by atoms with E-state index in [0.717, 1.165) is 6.42 Å². The summed E-state index contributed by atoms with van der Waals surface area (Å²) < 4.78 is 5.24. The molecule has 1 saturated heterocycles. The second-order valence-corrected chi connectivity index (χ2v) is 3.10. The van der Waals surface area contributed by atoms with E-state index in [1.807, 2.05) is 6.92 Å². The Hall–Kier alpha value is -0.830. The monoisotopic (exact) mass is 170 g/mol. The molecule has 3 nitrogen and oxygen atoms in total. The highest BCUT2D eigenvalue weighted by Gasteiger charge is 2.28. The third-order valence-corrected chi connectivity index (χ3v) is 2.18. The first-order valence-corrected chi connectivity index (χ1v) is 4.18. The normalized spacial score (nSPS) is 29.7. The van der Waals surface area contributed by atoms with Crippen LogP contribution < -0.4 is 0 Å². The van der Waals surface area contributed by atoms with E-state index in [9.17, 15) is 4.79 Å². The van der Waals surface area contributed by atoms with Gasteiger partial charge in [0.15, 0.2) is 0 Å². The molecule has 12 heavy (non-hydrogen) atoms. The Labute approximate surface area is 72.0 Å². The number of hydrogen-bond donors (Lipinski definition) is 1. The molecule has 1 rings (SSSR count). The molecule has 0 aliphatic carbocycles. The quantitative estimate of drug-likeness (QED) is 0.652. The lowest BCUT2D eigenvalue weighted by atomic mass is 9.94. The predicted molar refractivity (Wildman–Crippen MR) is 44.9 cm³/mol. The highest BCUT2D eigenvalue weighted by Crippen LogP contribution is 2.25. The van der Waals surface area contributed by atoms with Gasteiger partial charge in [-0.1, -0.05) is 13.0 Å². The van der Waals surface area contributed by atoms with Crippen LogP contribution in [-0.4, -0.2) is 23.8 Å². The number of carbonyl (C=O) groups is 1. The molecule has 0 aromatic rings. The van der Waals surface area contributed by atoms with E-state index in [4.69, 9.17) is 9.84 Å². The molecule has 1 fully saturated rings. The summed E-state index contributed by atoms with van der Waals surface area (Å²) in [4.78, 5) is 10.5. The van der Waals surface area contributed by atoms with Crippen molar-refractivity contribution in [1.29, 1.82) is 0 Å². The largest absolute Gasteiger partial charge is 0.478 e. The molecule has 3 heteroatoms.